The third-order valence-electron chi connectivity index (χ3n) is 2.48. The highest BCUT2D eigenvalue weighted by Crippen LogP contribution is 2.00. The highest BCUT2D eigenvalue weighted by Gasteiger charge is 2.17. The summed E-state index contributed by atoms with van der Waals surface area (Å²) in [7, 11) is -3.20. The Kier molecular flexibility index (Phi) is 9.24. The van der Waals surface area contributed by atoms with Crippen molar-refractivity contribution in [3.8, 4) is 0 Å². The zero-order chi connectivity index (χ0) is 14.7. The fourth-order valence-corrected chi connectivity index (χ4v) is 2.90. The number of aliphatic imine (C=N–C) groups is 1. The van der Waals surface area contributed by atoms with Gasteiger partial charge in [-0.25, -0.2) is 12.7 Å². The van der Waals surface area contributed by atoms with Crippen molar-refractivity contribution in [1.82, 2.24) is 14.9 Å². The summed E-state index contributed by atoms with van der Waals surface area (Å²) in [4.78, 5) is 4.23. The van der Waals surface area contributed by atoms with Gasteiger partial charge in [0.05, 0.1) is 12.3 Å². The standard InChI is InChI=1S/C12H26N4O2S/c1-5-9-14-12(13-6-2)15-10-11-19(17,18)16(7-3)8-4/h5H,1,6-11H2,2-4H3,(H2,13,14,15). The maximum absolute atomic E-state index is 11.9. The maximum atomic E-state index is 11.9. The molecule has 2 N–H and O–H groups in total. The van der Waals surface area contributed by atoms with E-state index in [1.807, 2.05) is 20.8 Å². The molecule has 0 spiro atoms. The summed E-state index contributed by atoms with van der Waals surface area (Å²) in [5, 5.41) is 6.07. The predicted molar refractivity (Wildman–Crippen MR) is 80.9 cm³/mol. The number of nitrogens with zero attached hydrogens (tertiary/aromatic N) is 2. The predicted octanol–water partition coefficient (Wildman–Crippen LogP) is 0.399. The molecule has 0 amide bonds. The fourth-order valence-electron chi connectivity index (χ4n) is 1.53. The molecule has 0 saturated carbocycles. The van der Waals surface area contributed by atoms with E-state index in [-0.39, 0.29) is 12.3 Å². The molecule has 7 heteroatoms. The number of hydrogen-bond acceptors (Lipinski definition) is 3. The van der Waals surface area contributed by atoms with Crippen LogP contribution in [0, 0.1) is 0 Å². The Labute approximate surface area is 117 Å². The van der Waals surface area contributed by atoms with E-state index in [1.54, 1.807) is 6.08 Å². The van der Waals surface area contributed by atoms with Crippen molar-refractivity contribution in [2.24, 2.45) is 4.99 Å². The lowest BCUT2D eigenvalue weighted by molar-refractivity contribution is 0.445. The fraction of sp³-hybridized carbons (Fsp3) is 0.750. The molecule has 0 aliphatic heterocycles. The second-order valence-corrected chi connectivity index (χ2v) is 5.92. The van der Waals surface area contributed by atoms with Crippen LogP contribution in [0.5, 0.6) is 0 Å². The average molecular weight is 290 g/mol. The van der Waals surface area contributed by atoms with E-state index in [4.69, 9.17) is 0 Å². The van der Waals surface area contributed by atoms with Crippen molar-refractivity contribution >= 4 is 16.0 Å². The Bertz CT molecular complexity index is 375. The zero-order valence-electron chi connectivity index (χ0n) is 12.1. The molecule has 0 fully saturated rings. The minimum absolute atomic E-state index is 0.0271. The Hall–Kier alpha value is -1.08. The van der Waals surface area contributed by atoms with Crippen LogP contribution < -0.4 is 10.6 Å². The smallest absolute Gasteiger partial charge is 0.215 e. The van der Waals surface area contributed by atoms with Crippen LogP contribution in [-0.2, 0) is 10.0 Å². The molecule has 0 unspecified atom stereocenters. The number of hydrogen-bond donors (Lipinski definition) is 2. The molecule has 0 aromatic carbocycles. The summed E-state index contributed by atoms with van der Waals surface area (Å²) in [6.45, 7) is 11.8. The summed E-state index contributed by atoms with van der Waals surface area (Å²) in [6.07, 6.45) is 1.72. The van der Waals surface area contributed by atoms with Crippen molar-refractivity contribution in [2.75, 3.05) is 38.5 Å². The molecule has 0 aliphatic rings. The molecular formula is C12H26N4O2S. The van der Waals surface area contributed by atoms with Crippen LogP contribution in [0.15, 0.2) is 17.6 Å². The lowest BCUT2D eigenvalue weighted by Gasteiger charge is -2.17. The van der Waals surface area contributed by atoms with E-state index in [2.05, 4.69) is 22.2 Å². The molecule has 0 aromatic rings. The first kappa shape index (κ1) is 17.9. The molecule has 0 heterocycles. The van der Waals surface area contributed by atoms with E-state index in [0.29, 0.717) is 25.6 Å². The molecule has 19 heavy (non-hydrogen) atoms. The number of rotatable bonds is 9. The van der Waals surface area contributed by atoms with Gasteiger partial charge in [-0.3, -0.25) is 4.99 Å². The molecule has 0 radical (unpaired) electrons. The average Bonchev–Trinajstić information content (AvgIpc) is 2.36. The van der Waals surface area contributed by atoms with Gasteiger partial charge in [0.2, 0.25) is 10.0 Å². The van der Waals surface area contributed by atoms with Crippen LogP contribution in [0.2, 0.25) is 0 Å². The van der Waals surface area contributed by atoms with Gasteiger partial charge in [0, 0.05) is 26.2 Å². The van der Waals surface area contributed by atoms with Crippen LogP contribution >= 0.6 is 0 Å². The zero-order valence-corrected chi connectivity index (χ0v) is 13.0. The normalized spacial score (nSPS) is 12.5. The lowest BCUT2D eigenvalue weighted by Crippen LogP contribution is -2.38. The first-order chi connectivity index (χ1) is 9.01. The summed E-state index contributed by atoms with van der Waals surface area (Å²) in [5.41, 5.74) is 0. The quantitative estimate of drug-likeness (QED) is 0.366. The van der Waals surface area contributed by atoms with Gasteiger partial charge in [-0.05, 0) is 6.92 Å². The van der Waals surface area contributed by atoms with Gasteiger partial charge in [0.1, 0.15) is 0 Å². The topological polar surface area (TPSA) is 73.8 Å². The highest BCUT2D eigenvalue weighted by molar-refractivity contribution is 7.89. The van der Waals surface area contributed by atoms with Gasteiger partial charge in [-0.1, -0.05) is 19.9 Å². The summed E-state index contributed by atoms with van der Waals surface area (Å²) < 4.78 is 25.3. The number of sulfonamides is 1. The van der Waals surface area contributed by atoms with E-state index in [1.165, 1.54) is 4.31 Å². The first-order valence-corrected chi connectivity index (χ1v) is 8.23. The van der Waals surface area contributed by atoms with Crippen molar-refractivity contribution in [1.29, 1.82) is 0 Å². The third kappa shape index (κ3) is 7.17. The van der Waals surface area contributed by atoms with Gasteiger partial charge < -0.3 is 10.6 Å². The molecule has 6 nitrogen and oxygen atoms in total. The van der Waals surface area contributed by atoms with E-state index >= 15 is 0 Å². The Morgan fingerprint density at radius 1 is 1.26 bits per heavy atom. The molecule has 0 aliphatic carbocycles. The van der Waals surface area contributed by atoms with Gasteiger partial charge in [0.25, 0.3) is 0 Å². The van der Waals surface area contributed by atoms with Crippen molar-refractivity contribution < 1.29 is 8.42 Å². The lowest BCUT2D eigenvalue weighted by atomic mass is 10.6. The molecule has 0 saturated heterocycles. The van der Waals surface area contributed by atoms with Gasteiger partial charge in [-0.2, -0.15) is 0 Å². The summed E-state index contributed by atoms with van der Waals surface area (Å²) >= 11 is 0. The van der Waals surface area contributed by atoms with E-state index < -0.39 is 10.0 Å². The number of nitrogens with one attached hydrogen (secondary N) is 2. The maximum Gasteiger partial charge on any atom is 0.215 e. The van der Waals surface area contributed by atoms with E-state index in [0.717, 1.165) is 6.54 Å². The van der Waals surface area contributed by atoms with Crippen molar-refractivity contribution in [3.05, 3.63) is 12.7 Å². The Morgan fingerprint density at radius 2 is 1.89 bits per heavy atom. The van der Waals surface area contributed by atoms with Crippen molar-refractivity contribution in [2.45, 2.75) is 20.8 Å². The Morgan fingerprint density at radius 3 is 2.37 bits per heavy atom. The van der Waals surface area contributed by atoms with Gasteiger partial charge in [0.15, 0.2) is 5.96 Å². The number of guanidine groups is 1. The van der Waals surface area contributed by atoms with Gasteiger partial charge >= 0.3 is 0 Å². The summed E-state index contributed by atoms with van der Waals surface area (Å²) in [5.74, 6) is 0.636. The minimum Gasteiger partial charge on any atom is -0.357 e. The monoisotopic (exact) mass is 290 g/mol. The summed E-state index contributed by atoms with van der Waals surface area (Å²) in [6, 6.07) is 0. The molecule has 0 bridgehead atoms. The second kappa shape index (κ2) is 9.80. The van der Waals surface area contributed by atoms with Crippen LogP contribution in [0.25, 0.3) is 0 Å². The highest BCUT2D eigenvalue weighted by atomic mass is 32.2. The minimum atomic E-state index is -3.20. The first-order valence-electron chi connectivity index (χ1n) is 6.62. The van der Waals surface area contributed by atoms with Crippen molar-refractivity contribution in [3.63, 3.8) is 0 Å². The molecule has 0 atom stereocenters. The third-order valence-corrected chi connectivity index (χ3v) is 4.48. The van der Waals surface area contributed by atoms with Crippen LogP contribution in [0.4, 0.5) is 0 Å². The molecule has 0 rings (SSSR count). The van der Waals surface area contributed by atoms with E-state index in [9.17, 15) is 8.42 Å². The molecular weight excluding hydrogens is 264 g/mol. The second-order valence-electron chi connectivity index (χ2n) is 3.83. The van der Waals surface area contributed by atoms with Crippen LogP contribution in [-0.4, -0.2) is 57.2 Å². The molecule has 112 valence electrons. The molecule has 0 aromatic heterocycles. The van der Waals surface area contributed by atoms with Crippen LogP contribution in [0.1, 0.15) is 20.8 Å². The Balaban J connectivity index is 4.46. The van der Waals surface area contributed by atoms with Crippen LogP contribution in [0.3, 0.4) is 0 Å². The van der Waals surface area contributed by atoms with Gasteiger partial charge in [-0.15, -0.1) is 6.58 Å². The SMILES string of the molecule is C=CCNC(=NCCS(=O)(=O)N(CC)CC)NCC. The largest absolute Gasteiger partial charge is 0.357 e.